The number of primary amides is 1. The number of hydrogen-bond acceptors (Lipinski definition) is 17. The summed E-state index contributed by atoms with van der Waals surface area (Å²) in [6, 6.07) is -0.884. The van der Waals surface area contributed by atoms with Gasteiger partial charge in [-0.3, -0.25) is 57.5 Å². The molecule has 0 unspecified atom stereocenters. The fraction of sp³-hybridized carbons (Fsp3) is 0.519. The first-order chi connectivity index (χ1) is 38.3. The van der Waals surface area contributed by atoms with Gasteiger partial charge in [-0.1, -0.05) is 70.2 Å². The van der Waals surface area contributed by atoms with Gasteiger partial charge in [0.25, 0.3) is 0 Å². The summed E-state index contributed by atoms with van der Waals surface area (Å²) < 4.78 is 0. The van der Waals surface area contributed by atoms with Crippen LogP contribution in [0.5, 0.6) is 5.75 Å². The molecule has 0 aromatic heterocycles. The molecule has 452 valence electrons. The smallest absolute Gasteiger partial charge is 0.326 e. The van der Waals surface area contributed by atoms with E-state index in [0.717, 1.165) is 6.92 Å². The Morgan fingerprint density at radius 3 is 1.49 bits per heavy atom. The van der Waals surface area contributed by atoms with Crippen LogP contribution in [0, 0.1) is 11.8 Å². The molecular weight excluding hydrogens is 1080 g/mol. The molecular formula is C52H76N12O18. The van der Waals surface area contributed by atoms with Gasteiger partial charge in [-0.05, 0) is 68.7 Å². The molecule has 0 radical (unpaired) electrons. The van der Waals surface area contributed by atoms with Crippen molar-refractivity contribution in [1.29, 1.82) is 0 Å². The van der Waals surface area contributed by atoms with Crippen molar-refractivity contribution in [2.75, 3.05) is 13.2 Å². The summed E-state index contributed by atoms with van der Waals surface area (Å²) in [6.45, 7) is 7.71. The quantitative estimate of drug-likeness (QED) is 0.0311. The minimum absolute atomic E-state index is 0.0102. The van der Waals surface area contributed by atoms with E-state index in [4.69, 9.17) is 11.5 Å². The van der Waals surface area contributed by atoms with Gasteiger partial charge >= 0.3 is 11.9 Å². The monoisotopic (exact) mass is 1160 g/mol. The summed E-state index contributed by atoms with van der Waals surface area (Å²) in [5, 5.41) is 72.0. The number of hydrogen-bond donors (Lipinski definition) is 17. The van der Waals surface area contributed by atoms with Gasteiger partial charge in [-0.25, -0.2) is 4.79 Å². The van der Waals surface area contributed by atoms with Crippen LogP contribution in [-0.4, -0.2) is 182 Å². The second-order valence-electron chi connectivity index (χ2n) is 20.0. The zero-order valence-corrected chi connectivity index (χ0v) is 46.3. The van der Waals surface area contributed by atoms with Crippen LogP contribution in [0.3, 0.4) is 0 Å². The van der Waals surface area contributed by atoms with E-state index < -0.39 is 188 Å². The number of aliphatic hydroxyl groups excluding tert-OH is 2. The Morgan fingerprint density at radius 1 is 0.500 bits per heavy atom. The highest BCUT2D eigenvalue weighted by Crippen LogP contribution is 2.13. The maximum Gasteiger partial charge on any atom is 0.326 e. The van der Waals surface area contributed by atoms with Crippen molar-refractivity contribution in [1.82, 2.24) is 53.2 Å². The highest BCUT2D eigenvalue weighted by Gasteiger charge is 2.36. The van der Waals surface area contributed by atoms with Crippen molar-refractivity contribution in [3.63, 3.8) is 0 Å². The molecule has 2 aromatic carbocycles. The Bertz CT molecular complexity index is 2590. The zero-order valence-electron chi connectivity index (χ0n) is 46.3. The van der Waals surface area contributed by atoms with Crippen molar-refractivity contribution in [2.24, 2.45) is 23.3 Å². The van der Waals surface area contributed by atoms with Gasteiger partial charge in [0.15, 0.2) is 0 Å². The minimum Gasteiger partial charge on any atom is -0.508 e. The maximum absolute atomic E-state index is 13.6. The number of carbonyl (C=O) groups excluding carboxylic acids is 11. The van der Waals surface area contributed by atoms with E-state index in [9.17, 15) is 87.9 Å². The number of carboxylic acids is 2. The van der Waals surface area contributed by atoms with E-state index in [1.165, 1.54) is 39.8 Å². The first-order valence-corrected chi connectivity index (χ1v) is 25.9. The van der Waals surface area contributed by atoms with Crippen molar-refractivity contribution < 1.29 is 87.9 Å². The van der Waals surface area contributed by atoms with Gasteiger partial charge in [0.05, 0.1) is 31.7 Å². The average molecular weight is 1160 g/mol. The average Bonchev–Trinajstić information content (AvgIpc) is 3.44. The number of aliphatic hydroxyl groups is 2. The number of benzene rings is 2. The molecule has 0 heterocycles. The third kappa shape index (κ3) is 23.9. The molecule has 11 atom stereocenters. The lowest BCUT2D eigenvalue weighted by molar-refractivity contribution is -0.142. The second-order valence-corrected chi connectivity index (χ2v) is 20.0. The lowest BCUT2D eigenvalue weighted by Crippen LogP contribution is -2.62. The van der Waals surface area contributed by atoms with Crippen LogP contribution in [0.4, 0.5) is 0 Å². The van der Waals surface area contributed by atoms with Crippen LogP contribution in [-0.2, 0) is 75.2 Å². The number of carbonyl (C=O) groups is 13. The molecule has 0 saturated carbocycles. The van der Waals surface area contributed by atoms with E-state index in [0.29, 0.717) is 11.1 Å². The molecule has 0 aliphatic carbocycles. The molecule has 0 spiro atoms. The van der Waals surface area contributed by atoms with Gasteiger partial charge in [0.1, 0.15) is 60.1 Å². The standard InChI is InChI=1S/C52H76N12O18/c1-24(2)40(49(78)55-22-38(69)58-36(23-65)48(77)59-33(17-18-39(70)71)46(75)56-26(5)43(72)61-35(52(81)82)20-29-11-9-8-10-12-29)63-47(76)34(21-37(54)68)60-51(80)42(28(7)66)64-44(73)27(6)57-50(79)41(25(3)4)62-45(74)32(53)19-30-13-15-31(67)16-14-30/h8-16,24-28,32-36,40-42,65-67H,17-23,53H2,1-7H3,(H2,54,68)(H,55,78)(H,56,75)(H,57,79)(H,58,69)(H,59,77)(H,60,80)(H,61,72)(H,62,74)(H,63,76)(H,64,73)(H,70,71)(H,81,82)/t26-,27-,28+,32-,33-,34-,35-,36-,40-,41-,42-/m0/s1. The third-order valence-corrected chi connectivity index (χ3v) is 12.3. The molecule has 0 aliphatic rings. The van der Waals surface area contributed by atoms with Crippen LogP contribution < -0.4 is 64.6 Å². The van der Waals surface area contributed by atoms with Crippen molar-refractivity contribution in [3.8, 4) is 5.75 Å². The molecule has 30 nitrogen and oxygen atoms in total. The van der Waals surface area contributed by atoms with E-state index >= 15 is 0 Å². The molecule has 0 saturated heterocycles. The summed E-state index contributed by atoms with van der Waals surface area (Å²) >= 11 is 0. The zero-order chi connectivity index (χ0) is 62.1. The molecule has 2 aromatic rings. The SMILES string of the molecule is CC(C)[C@H](NC(=O)[C@H](CC(N)=O)NC(=O)[C@@H](NC(=O)[C@H](C)NC(=O)[C@@H](NC(=O)[C@@H](N)Cc1ccc(O)cc1)C(C)C)[C@@H](C)O)C(=O)NCC(=O)N[C@@H](CO)C(=O)N[C@@H](CCC(=O)O)C(=O)N[C@@H](C)C(=O)N[C@@H](Cc1ccccc1)C(=O)O. The Hall–Kier alpha value is -8.77. The van der Waals surface area contributed by atoms with Gasteiger partial charge in [0.2, 0.25) is 65.0 Å². The molecule has 19 N–H and O–H groups in total. The van der Waals surface area contributed by atoms with Crippen molar-refractivity contribution in [2.45, 2.75) is 147 Å². The Morgan fingerprint density at radius 2 is 0.963 bits per heavy atom. The number of amides is 11. The third-order valence-electron chi connectivity index (χ3n) is 12.3. The highest BCUT2D eigenvalue weighted by molar-refractivity contribution is 5.99. The molecule has 11 amide bonds. The Balaban J connectivity index is 2.09. The summed E-state index contributed by atoms with van der Waals surface area (Å²) in [5.41, 5.74) is 12.7. The number of nitrogens with one attached hydrogen (secondary N) is 10. The highest BCUT2D eigenvalue weighted by atomic mass is 16.4. The van der Waals surface area contributed by atoms with E-state index in [1.807, 2.05) is 0 Å². The normalized spacial score (nSPS) is 15.1. The van der Waals surface area contributed by atoms with Crippen LogP contribution in [0.2, 0.25) is 0 Å². The lowest BCUT2D eigenvalue weighted by atomic mass is 10.0. The second kappa shape index (κ2) is 33.7. The summed E-state index contributed by atoms with van der Waals surface area (Å²) in [4.78, 5) is 168. The summed E-state index contributed by atoms with van der Waals surface area (Å²) in [5.74, 6) is -15.4. The van der Waals surface area contributed by atoms with Crippen LogP contribution in [0.1, 0.15) is 78.9 Å². The topological polar surface area (TPSA) is 495 Å². The van der Waals surface area contributed by atoms with Gasteiger partial charge in [-0.15, -0.1) is 0 Å². The molecule has 0 aliphatic heterocycles. The predicted octanol–water partition coefficient (Wildman–Crippen LogP) is -5.47. The van der Waals surface area contributed by atoms with E-state index in [1.54, 1.807) is 56.3 Å². The van der Waals surface area contributed by atoms with E-state index in [-0.39, 0.29) is 18.6 Å². The maximum atomic E-state index is 13.6. The molecule has 2 rings (SSSR count). The van der Waals surface area contributed by atoms with Gasteiger partial charge in [-0.2, -0.15) is 0 Å². The number of carboxylic acid groups (broad SMARTS) is 2. The number of aliphatic carboxylic acids is 2. The molecule has 30 heteroatoms. The molecule has 0 bridgehead atoms. The predicted molar refractivity (Wildman–Crippen MR) is 288 cm³/mol. The van der Waals surface area contributed by atoms with Crippen molar-refractivity contribution >= 4 is 76.9 Å². The summed E-state index contributed by atoms with van der Waals surface area (Å²) in [7, 11) is 0. The first kappa shape index (κ1) is 69.3. The van der Waals surface area contributed by atoms with Crippen LogP contribution in [0.25, 0.3) is 0 Å². The van der Waals surface area contributed by atoms with E-state index in [2.05, 4.69) is 53.2 Å². The fourth-order valence-electron chi connectivity index (χ4n) is 7.54. The Kier molecular flexibility index (Phi) is 28.5. The van der Waals surface area contributed by atoms with Gasteiger partial charge < -0.3 is 90.2 Å². The number of aromatic hydroxyl groups is 1. The lowest BCUT2D eigenvalue weighted by Gasteiger charge is -2.28. The molecule has 82 heavy (non-hydrogen) atoms. The number of rotatable bonds is 34. The number of phenols is 1. The minimum atomic E-state index is -1.84. The fourth-order valence-corrected chi connectivity index (χ4v) is 7.54. The van der Waals surface area contributed by atoms with Crippen LogP contribution >= 0.6 is 0 Å². The number of phenolic OH excluding ortho intramolecular Hbond substituents is 1. The van der Waals surface area contributed by atoms with Crippen molar-refractivity contribution in [3.05, 3.63) is 65.7 Å². The van der Waals surface area contributed by atoms with Crippen LogP contribution in [0.15, 0.2) is 54.6 Å². The summed E-state index contributed by atoms with van der Waals surface area (Å²) in [6.07, 6.45) is -3.81. The largest absolute Gasteiger partial charge is 0.508 e. The molecule has 0 fully saturated rings. The first-order valence-electron chi connectivity index (χ1n) is 25.9. The Labute approximate surface area is 471 Å². The van der Waals surface area contributed by atoms with Gasteiger partial charge in [0, 0.05) is 12.8 Å². The number of nitrogens with two attached hydrogens (primary N) is 2.